The number of methoxy groups -OCH3 is 1. The summed E-state index contributed by atoms with van der Waals surface area (Å²) in [5.41, 5.74) is 0.509. The Hall–Kier alpha value is -3.82. The Morgan fingerprint density at radius 3 is 2.26 bits per heavy atom. The molecule has 0 fully saturated rings. The molecule has 1 aromatic carbocycles. The van der Waals surface area contributed by atoms with E-state index >= 15 is 0 Å². The van der Waals surface area contributed by atoms with E-state index in [-0.39, 0.29) is 40.6 Å². The Bertz CT molecular complexity index is 897. The average molecular weight is 371 g/mol. The number of amides is 2. The van der Waals surface area contributed by atoms with E-state index in [1.165, 1.54) is 39.2 Å². The van der Waals surface area contributed by atoms with Crippen LogP contribution in [0, 0.1) is 0 Å². The molecule has 10 nitrogen and oxygen atoms in total. The smallest absolute Gasteiger partial charge is 0.437 e. The van der Waals surface area contributed by atoms with Gasteiger partial charge in [0.1, 0.15) is 17.2 Å². The Labute approximate surface area is 154 Å². The molecule has 0 bridgehead atoms. The Morgan fingerprint density at radius 1 is 0.926 bits per heavy atom. The molecule has 27 heavy (non-hydrogen) atoms. The lowest BCUT2D eigenvalue weighted by Crippen LogP contribution is -2.11. The van der Waals surface area contributed by atoms with Crippen molar-refractivity contribution in [2.75, 3.05) is 17.7 Å². The van der Waals surface area contributed by atoms with Gasteiger partial charge in [-0.1, -0.05) is 12.1 Å². The van der Waals surface area contributed by atoms with Crippen molar-refractivity contribution < 1.29 is 23.9 Å². The van der Waals surface area contributed by atoms with Crippen LogP contribution >= 0.6 is 0 Å². The number of ether oxygens (including phenoxy) is 2. The fourth-order valence-corrected chi connectivity index (χ4v) is 1.91. The lowest BCUT2D eigenvalue weighted by atomic mass is 10.3. The van der Waals surface area contributed by atoms with E-state index in [9.17, 15) is 14.4 Å². The quantitative estimate of drug-likeness (QED) is 0.469. The molecular formula is C17H17N5O5. The molecule has 0 spiro atoms. The van der Waals surface area contributed by atoms with E-state index in [0.29, 0.717) is 0 Å². The third-order valence-corrected chi connectivity index (χ3v) is 2.96. The SMILES string of the molecule is COC(=O)Oc1ccccc1N=Nc1ccc(NC(C)=O)nc1NC(C)=O. The van der Waals surface area contributed by atoms with Gasteiger partial charge in [0.25, 0.3) is 0 Å². The molecule has 0 atom stereocenters. The van der Waals surface area contributed by atoms with Gasteiger partial charge in [0, 0.05) is 13.8 Å². The summed E-state index contributed by atoms with van der Waals surface area (Å²) in [5, 5.41) is 13.1. The fraction of sp³-hybridized carbons (Fsp3) is 0.176. The zero-order chi connectivity index (χ0) is 19.8. The molecule has 0 radical (unpaired) electrons. The van der Waals surface area contributed by atoms with Crippen LogP contribution in [-0.2, 0) is 14.3 Å². The summed E-state index contributed by atoms with van der Waals surface area (Å²) < 4.78 is 9.45. The number of carbonyl (C=O) groups is 3. The van der Waals surface area contributed by atoms with Gasteiger partial charge in [-0.2, -0.15) is 0 Å². The van der Waals surface area contributed by atoms with Crippen LogP contribution in [0.2, 0.25) is 0 Å². The van der Waals surface area contributed by atoms with Gasteiger partial charge in [-0.15, -0.1) is 10.2 Å². The third kappa shape index (κ3) is 5.88. The summed E-state index contributed by atoms with van der Waals surface area (Å²) in [7, 11) is 1.19. The van der Waals surface area contributed by atoms with Crippen molar-refractivity contribution in [3.05, 3.63) is 36.4 Å². The van der Waals surface area contributed by atoms with Crippen molar-refractivity contribution in [2.45, 2.75) is 13.8 Å². The molecule has 1 aromatic heterocycles. The molecule has 0 saturated heterocycles. The number of anilines is 2. The second kappa shape index (κ2) is 9.04. The van der Waals surface area contributed by atoms with Crippen molar-refractivity contribution in [1.82, 2.24) is 4.98 Å². The van der Waals surface area contributed by atoms with Gasteiger partial charge >= 0.3 is 6.16 Å². The molecule has 10 heteroatoms. The van der Waals surface area contributed by atoms with Crippen LogP contribution in [0.4, 0.5) is 27.8 Å². The Balaban J connectivity index is 2.34. The standard InChI is InChI=1S/C17H17N5O5/c1-10(23)18-15-9-8-13(16(20-15)19-11(2)24)22-21-12-6-4-5-7-14(12)27-17(25)26-3/h4-9H,1-3H3,(H2,18,19,20,23,24). The molecule has 0 aliphatic heterocycles. The molecule has 2 amide bonds. The maximum Gasteiger partial charge on any atom is 0.513 e. The van der Waals surface area contributed by atoms with Crippen LogP contribution in [0.1, 0.15) is 13.8 Å². The number of carbonyl (C=O) groups excluding carboxylic acids is 3. The minimum Gasteiger partial charge on any atom is -0.437 e. The molecule has 0 saturated carbocycles. The first-order chi connectivity index (χ1) is 12.9. The maximum absolute atomic E-state index is 11.4. The van der Waals surface area contributed by atoms with Crippen LogP contribution in [0.25, 0.3) is 0 Å². The summed E-state index contributed by atoms with van der Waals surface area (Å²) >= 11 is 0. The Morgan fingerprint density at radius 2 is 1.59 bits per heavy atom. The molecular weight excluding hydrogens is 354 g/mol. The van der Waals surface area contributed by atoms with Gasteiger partial charge in [0.05, 0.1) is 7.11 Å². The summed E-state index contributed by atoms with van der Waals surface area (Å²) in [6, 6.07) is 9.49. The summed E-state index contributed by atoms with van der Waals surface area (Å²) in [6.45, 7) is 2.65. The number of para-hydroxylation sites is 1. The Kier molecular flexibility index (Phi) is 6.53. The molecule has 1 heterocycles. The number of azo groups is 1. The molecule has 0 aliphatic carbocycles. The highest BCUT2D eigenvalue weighted by Gasteiger charge is 2.11. The van der Waals surface area contributed by atoms with Gasteiger partial charge in [-0.25, -0.2) is 9.78 Å². The van der Waals surface area contributed by atoms with Gasteiger partial charge in [0.15, 0.2) is 11.6 Å². The number of nitrogens with one attached hydrogen (secondary N) is 2. The molecule has 0 aliphatic rings. The molecule has 0 unspecified atom stereocenters. The summed E-state index contributed by atoms with van der Waals surface area (Å²) in [5.74, 6) is -0.159. The van der Waals surface area contributed by atoms with Crippen LogP contribution in [0.15, 0.2) is 46.6 Å². The third-order valence-electron chi connectivity index (χ3n) is 2.96. The van der Waals surface area contributed by atoms with Gasteiger partial charge in [-0.05, 0) is 24.3 Å². The van der Waals surface area contributed by atoms with E-state index in [1.807, 2.05) is 0 Å². The minimum atomic E-state index is -0.891. The van der Waals surface area contributed by atoms with Crippen molar-refractivity contribution in [1.29, 1.82) is 0 Å². The van der Waals surface area contributed by atoms with E-state index in [2.05, 4.69) is 30.6 Å². The minimum absolute atomic E-state index is 0.115. The van der Waals surface area contributed by atoms with Gasteiger partial charge in [0.2, 0.25) is 11.8 Å². The zero-order valence-electron chi connectivity index (χ0n) is 14.8. The monoisotopic (exact) mass is 371 g/mol. The van der Waals surface area contributed by atoms with Crippen molar-refractivity contribution in [2.24, 2.45) is 10.2 Å². The predicted octanol–water partition coefficient (Wildman–Crippen LogP) is 3.56. The second-order valence-electron chi connectivity index (χ2n) is 5.15. The van der Waals surface area contributed by atoms with Gasteiger partial charge < -0.3 is 20.1 Å². The van der Waals surface area contributed by atoms with E-state index in [0.717, 1.165) is 0 Å². The second-order valence-corrected chi connectivity index (χ2v) is 5.15. The zero-order valence-corrected chi connectivity index (χ0v) is 14.8. The first kappa shape index (κ1) is 19.5. The average Bonchev–Trinajstić information content (AvgIpc) is 2.61. The molecule has 140 valence electrons. The van der Waals surface area contributed by atoms with E-state index in [4.69, 9.17) is 4.74 Å². The summed E-state index contributed by atoms with van der Waals surface area (Å²) in [4.78, 5) is 38.0. The number of pyridine rings is 1. The fourth-order valence-electron chi connectivity index (χ4n) is 1.91. The lowest BCUT2D eigenvalue weighted by molar-refractivity contribution is -0.115. The number of benzene rings is 1. The van der Waals surface area contributed by atoms with Crippen molar-refractivity contribution in [3.8, 4) is 5.75 Å². The largest absolute Gasteiger partial charge is 0.513 e. The van der Waals surface area contributed by atoms with Crippen LogP contribution in [0.5, 0.6) is 5.75 Å². The molecule has 2 N–H and O–H groups in total. The highest BCUT2D eigenvalue weighted by molar-refractivity contribution is 5.92. The van der Waals surface area contributed by atoms with Crippen LogP contribution in [-0.4, -0.2) is 30.1 Å². The van der Waals surface area contributed by atoms with E-state index in [1.54, 1.807) is 18.2 Å². The normalized spacial score (nSPS) is 10.3. The van der Waals surface area contributed by atoms with Crippen molar-refractivity contribution >= 4 is 41.0 Å². The van der Waals surface area contributed by atoms with Gasteiger partial charge in [-0.3, -0.25) is 9.59 Å². The molecule has 2 aromatic rings. The number of aromatic nitrogens is 1. The predicted molar refractivity (Wildman–Crippen MR) is 96.5 cm³/mol. The maximum atomic E-state index is 11.4. The van der Waals surface area contributed by atoms with Crippen LogP contribution in [0.3, 0.4) is 0 Å². The highest BCUT2D eigenvalue weighted by atomic mass is 16.7. The summed E-state index contributed by atoms with van der Waals surface area (Å²) in [6.07, 6.45) is -0.891. The van der Waals surface area contributed by atoms with Crippen LogP contribution < -0.4 is 15.4 Å². The number of nitrogens with zero attached hydrogens (tertiary/aromatic N) is 3. The number of hydrogen-bond donors (Lipinski definition) is 2. The number of rotatable bonds is 5. The highest BCUT2D eigenvalue weighted by Crippen LogP contribution is 2.31. The lowest BCUT2D eigenvalue weighted by Gasteiger charge is -2.08. The molecule has 2 rings (SSSR count). The number of hydrogen-bond acceptors (Lipinski definition) is 8. The first-order valence-electron chi connectivity index (χ1n) is 7.72. The topological polar surface area (TPSA) is 131 Å². The van der Waals surface area contributed by atoms with Crippen molar-refractivity contribution in [3.63, 3.8) is 0 Å². The van der Waals surface area contributed by atoms with E-state index < -0.39 is 6.16 Å². The first-order valence-corrected chi connectivity index (χ1v) is 7.72.